The Morgan fingerprint density at radius 2 is 2.00 bits per heavy atom. The third-order valence-electron chi connectivity index (χ3n) is 2.52. The van der Waals surface area contributed by atoms with Gasteiger partial charge in [0.2, 0.25) is 0 Å². The summed E-state index contributed by atoms with van der Waals surface area (Å²) in [5.74, 6) is 0.595. The average Bonchev–Trinajstić information content (AvgIpc) is 2.35. The van der Waals surface area contributed by atoms with Gasteiger partial charge >= 0.3 is 0 Å². The fourth-order valence-corrected chi connectivity index (χ4v) is 1.16. The molecule has 0 aliphatic rings. The first-order valence-corrected chi connectivity index (χ1v) is 5.53. The molecule has 0 spiro atoms. The van der Waals surface area contributed by atoms with Gasteiger partial charge in [0.15, 0.2) is 0 Å². The minimum Gasteiger partial charge on any atom is -0.496 e. The van der Waals surface area contributed by atoms with Crippen molar-refractivity contribution in [1.82, 2.24) is 5.43 Å². The van der Waals surface area contributed by atoms with E-state index in [1.165, 1.54) is 7.11 Å². The molecule has 1 amide bonds. The smallest absolute Gasteiger partial charge is 0.275 e. The highest BCUT2D eigenvalue weighted by Crippen LogP contribution is 2.16. The number of hydrazone groups is 1. The Labute approximate surface area is 102 Å². The molecule has 17 heavy (non-hydrogen) atoms. The second kappa shape index (κ2) is 6.03. The van der Waals surface area contributed by atoms with Crippen molar-refractivity contribution in [1.29, 1.82) is 0 Å². The van der Waals surface area contributed by atoms with Crippen LogP contribution in [0.3, 0.4) is 0 Å². The normalized spacial score (nSPS) is 11.5. The Hall–Kier alpha value is -1.84. The van der Waals surface area contributed by atoms with Crippen molar-refractivity contribution >= 4 is 11.6 Å². The predicted molar refractivity (Wildman–Crippen MR) is 68.4 cm³/mol. The molecule has 1 N–H and O–H groups in total. The van der Waals surface area contributed by atoms with Gasteiger partial charge in [-0.3, -0.25) is 4.79 Å². The van der Waals surface area contributed by atoms with Crippen molar-refractivity contribution in [2.45, 2.75) is 20.8 Å². The fourth-order valence-electron chi connectivity index (χ4n) is 1.16. The Morgan fingerprint density at radius 1 is 1.35 bits per heavy atom. The zero-order valence-corrected chi connectivity index (χ0v) is 10.7. The van der Waals surface area contributed by atoms with Crippen LogP contribution in [0.5, 0.6) is 5.75 Å². The summed E-state index contributed by atoms with van der Waals surface area (Å²) in [5, 5.41) is 4.04. The third kappa shape index (κ3) is 3.59. The van der Waals surface area contributed by atoms with Crippen LogP contribution in [0.4, 0.5) is 0 Å². The molecule has 4 nitrogen and oxygen atoms in total. The number of ether oxygens (including phenoxy) is 1. The summed E-state index contributed by atoms with van der Waals surface area (Å²) in [4.78, 5) is 11.9. The van der Waals surface area contributed by atoms with Gasteiger partial charge in [0.1, 0.15) is 5.75 Å². The minimum absolute atomic E-state index is 0.262. The van der Waals surface area contributed by atoms with Crippen LogP contribution in [0.2, 0.25) is 0 Å². The van der Waals surface area contributed by atoms with Crippen LogP contribution in [-0.4, -0.2) is 18.7 Å². The molecule has 0 bridgehead atoms. The molecule has 0 aromatic heterocycles. The maximum absolute atomic E-state index is 11.9. The number of carbonyl (C=O) groups is 1. The van der Waals surface area contributed by atoms with E-state index in [4.69, 9.17) is 4.74 Å². The molecule has 0 aliphatic carbocycles. The van der Waals surface area contributed by atoms with E-state index in [2.05, 4.69) is 10.5 Å². The van der Waals surface area contributed by atoms with E-state index in [1.807, 2.05) is 26.8 Å². The van der Waals surface area contributed by atoms with E-state index in [1.54, 1.807) is 18.2 Å². The number of nitrogens with one attached hydrogen (secondary N) is 1. The Balaban J connectivity index is 2.80. The largest absolute Gasteiger partial charge is 0.496 e. The van der Waals surface area contributed by atoms with Gasteiger partial charge in [-0.05, 0) is 25.0 Å². The fraction of sp³-hybridized carbons (Fsp3) is 0.385. The van der Waals surface area contributed by atoms with Crippen molar-refractivity contribution < 1.29 is 9.53 Å². The number of hydrogen-bond donors (Lipinski definition) is 1. The number of nitrogens with zero attached hydrogens (tertiary/aromatic N) is 1. The van der Waals surface area contributed by atoms with E-state index in [-0.39, 0.29) is 5.91 Å². The van der Waals surface area contributed by atoms with Crippen LogP contribution in [0.25, 0.3) is 0 Å². The van der Waals surface area contributed by atoms with Crippen LogP contribution in [0.1, 0.15) is 31.1 Å². The number of amides is 1. The number of para-hydroxylation sites is 1. The van der Waals surface area contributed by atoms with E-state index < -0.39 is 0 Å². The number of hydrogen-bond acceptors (Lipinski definition) is 3. The molecular weight excluding hydrogens is 216 g/mol. The molecule has 1 aromatic carbocycles. The number of carbonyl (C=O) groups excluding carboxylic acids is 1. The molecule has 92 valence electrons. The van der Waals surface area contributed by atoms with Gasteiger partial charge in [-0.1, -0.05) is 26.0 Å². The van der Waals surface area contributed by atoms with Crippen LogP contribution in [0, 0.1) is 5.92 Å². The Morgan fingerprint density at radius 3 is 2.59 bits per heavy atom. The molecule has 1 aromatic rings. The van der Waals surface area contributed by atoms with E-state index in [9.17, 15) is 4.79 Å². The second-order valence-electron chi connectivity index (χ2n) is 4.05. The van der Waals surface area contributed by atoms with Crippen molar-refractivity contribution in [2.24, 2.45) is 11.0 Å². The first kappa shape index (κ1) is 13.2. The summed E-state index contributed by atoms with van der Waals surface area (Å²) in [6.07, 6.45) is 0. The second-order valence-corrected chi connectivity index (χ2v) is 4.05. The quantitative estimate of drug-likeness (QED) is 0.642. The molecule has 1 rings (SSSR count). The summed E-state index contributed by atoms with van der Waals surface area (Å²) < 4.78 is 5.11. The maximum atomic E-state index is 11.9. The zero-order chi connectivity index (χ0) is 12.8. The van der Waals surface area contributed by atoms with Gasteiger partial charge in [-0.2, -0.15) is 5.10 Å². The van der Waals surface area contributed by atoms with Crippen molar-refractivity contribution in [2.75, 3.05) is 7.11 Å². The average molecular weight is 234 g/mol. The van der Waals surface area contributed by atoms with Gasteiger partial charge in [0, 0.05) is 5.71 Å². The van der Waals surface area contributed by atoms with Crippen molar-refractivity contribution in [3.63, 3.8) is 0 Å². The van der Waals surface area contributed by atoms with Gasteiger partial charge in [-0.25, -0.2) is 5.43 Å². The molecule has 0 heterocycles. The molecule has 0 fully saturated rings. The Bertz CT molecular complexity index is 425. The monoisotopic (exact) mass is 234 g/mol. The molecule has 0 unspecified atom stereocenters. The number of benzene rings is 1. The van der Waals surface area contributed by atoms with Crippen LogP contribution >= 0.6 is 0 Å². The first-order chi connectivity index (χ1) is 8.06. The third-order valence-corrected chi connectivity index (χ3v) is 2.52. The molecule has 4 heteroatoms. The minimum atomic E-state index is -0.262. The van der Waals surface area contributed by atoms with Gasteiger partial charge in [0.25, 0.3) is 5.91 Å². The maximum Gasteiger partial charge on any atom is 0.275 e. The number of methoxy groups -OCH3 is 1. The van der Waals surface area contributed by atoms with Gasteiger partial charge in [-0.15, -0.1) is 0 Å². The SMILES string of the molecule is COc1ccccc1C(=O)N/N=C(\C)C(C)C. The molecule has 0 saturated carbocycles. The van der Waals surface area contributed by atoms with Gasteiger partial charge in [0.05, 0.1) is 12.7 Å². The molecular formula is C13H18N2O2. The van der Waals surface area contributed by atoms with Gasteiger partial charge < -0.3 is 4.74 Å². The molecule has 0 aliphatic heterocycles. The first-order valence-electron chi connectivity index (χ1n) is 5.53. The number of rotatable bonds is 4. The van der Waals surface area contributed by atoms with Crippen LogP contribution < -0.4 is 10.2 Å². The molecule has 0 radical (unpaired) electrons. The highest BCUT2D eigenvalue weighted by molar-refractivity contribution is 5.97. The lowest BCUT2D eigenvalue weighted by molar-refractivity contribution is 0.0951. The van der Waals surface area contributed by atoms with Crippen LogP contribution in [-0.2, 0) is 0 Å². The Kier molecular flexibility index (Phi) is 4.69. The summed E-state index contributed by atoms with van der Waals surface area (Å²) in [5.41, 5.74) is 3.89. The highest BCUT2D eigenvalue weighted by atomic mass is 16.5. The predicted octanol–water partition coefficient (Wildman–Crippen LogP) is 2.46. The zero-order valence-electron chi connectivity index (χ0n) is 10.7. The van der Waals surface area contributed by atoms with E-state index in [0.717, 1.165) is 5.71 Å². The standard InChI is InChI=1S/C13H18N2O2/c1-9(2)10(3)14-15-13(16)11-7-5-6-8-12(11)17-4/h5-9H,1-4H3,(H,15,16)/b14-10+. The topological polar surface area (TPSA) is 50.7 Å². The van der Waals surface area contributed by atoms with Crippen molar-refractivity contribution in [3.8, 4) is 5.75 Å². The lowest BCUT2D eigenvalue weighted by Crippen LogP contribution is -2.21. The summed E-state index contributed by atoms with van der Waals surface area (Å²) in [7, 11) is 1.54. The lowest BCUT2D eigenvalue weighted by atomic mass is 10.1. The van der Waals surface area contributed by atoms with Crippen LogP contribution in [0.15, 0.2) is 29.4 Å². The highest BCUT2D eigenvalue weighted by Gasteiger charge is 2.10. The van der Waals surface area contributed by atoms with Crippen molar-refractivity contribution in [3.05, 3.63) is 29.8 Å². The lowest BCUT2D eigenvalue weighted by Gasteiger charge is -2.08. The summed E-state index contributed by atoms with van der Waals surface area (Å²) in [6, 6.07) is 7.05. The summed E-state index contributed by atoms with van der Waals surface area (Å²) in [6.45, 7) is 5.93. The molecule has 0 saturated heterocycles. The molecule has 0 atom stereocenters. The summed E-state index contributed by atoms with van der Waals surface area (Å²) >= 11 is 0. The van der Waals surface area contributed by atoms with E-state index in [0.29, 0.717) is 17.2 Å². The van der Waals surface area contributed by atoms with E-state index >= 15 is 0 Å².